The zero-order valence-corrected chi connectivity index (χ0v) is 29.1. The number of fused-ring (bicyclic) bond motifs is 7. The van der Waals surface area contributed by atoms with Crippen molar-refractivity contribution >= 4 is 49.8 Å². The zero-order valence-electron chi connectivity index (χ0n) is 29.1. The smallest absolute Gasteiger partial charge is 0.137 e. The number of rotatable bonds is 4. The van der Waals surface area contributed by atoms with Gasteiger partial charge in [0.15, 0.2) is 0 Å². The van der Waals surface area contributed by atoms with Crippen LogP contribution < -0.4 is 4.90 Å². The van der Waals surface area contributed by atoms with E-state index in [0.29, 0.717) is 0 Å². The summed E-state index contributed by atoms with van der Waals surface area (Å²) in [6, 6.07) is 56.5. The van der Waals surface area contributed by atoms with E-state index in [9.17, 15) is 0 Å². The molecule has 0 atom stereocenters. The van der Waals surface area contributed by atoms with Gasteiger partial charge in [0.1, 0.15) is 11.2 Å². The molecule has 4 bridgehead atoms. The Hall–Kier alpha value is -5.60. The fourth-order valence-electron chi connectivity index (χ4n) is 11.8. The molecule has 5 aliphatic rings. The Morgan fingerprint density at radius 2 is 1.08 bits per heavy atom. The lowest BCUT2D eigenvalue weighted by Crippen LogP contribution is -2.55. The first kappa shape index (κ1) is 29.0. The lowest BCUT2D eigenvalue weighted by Gasteiger charge is -2.61. The van der Waals surface area contributed by atoms with E-state index in [2.05, 4.69) is 157 Å². The van der Waals surface area contributed by atoms with Crippen molar-refractivity contribution in [1.82, 2.24) is 0 Å². The maximum Gasteiger partial charge on any atom is 0.137 e. The second-order valence-corrected chi connectivity index (χ2v) is 16.2. The average Bonchev–Trinajstić information content (AvgIpc) is 3.70. The van der Waals surface area contributed by atoms with E-state index in [0.717, 1.165) is 57.0 Å². The van der Waals surface area contributed by atoms with Crippen LogP contribution in [0.1, 0.15) is 43.2 Å². The van der Waals surface area contributed by atoms with Gasteiger partial charge in [0.05, 0.1) is 0 Å². The van der Waals surface area contributed by atoms with Crippen LogP contribution in [-0.2, 0) is 5.41 Å². The van der Waals surface area contributed by atoms with E-state index in [1.54, 1.807) is 11.1 Å². The molecule has 5 aliphatic carbocycles. The third-order valence-corrected chi connectivity index (χ3v) is 13.6. The fourth-order valence-corrected chi connectivity index (χ4v) is 11.8. The topological polar surface area (TPSA) is 16.4 Å². The van der Waals surface area contributed by atoms with E-state index < -0.39 is 0 Å². The van der Waals surface area contributed by atoms with Gasteiger partial charge in [-0.2, -0.15) is 0 Å². The van der Waals surface area contributed by atoms with Gasteiger partial charge in [0.25, 0.3) is 0 Å². The van der Waals surface area contributed by atoms with Crippen molar-refractivity contribution in [3.05, 3.63) is 163 Å². The van der Waals surface area contributed by atoms with Crippen LogP contribution >= 0.6 is 0 Å². The maximum absolute atomic E-state index is 6.47. The first-order valence-corrected chi connectivity index (χ1v) is 19.3. The molecule has 0 N–H and O–H groups in total. The van der Waals surface area contributed by atoms with Crippen LogP contribution in [0.15, 0.2) is 156 Å². The van der Waals surface area contributed by atoms with Crippen LogP contribution in [0.3, 0.4) is 0 Å². The molecule has 1 aromatic heterocycles. The van der Waals surface area contributed by atoms with Crippen molar-refractivity contribution < 1.29 is 4.42 Å². The fraction of sp³-hybridized carbons (Fsp3) is 0.200. The number of hydrogen-bond donors (Lipinski definition) is 0. The van der Waals surface area contributed by atoms with Crippen LogP contribution in [0.25, 0.3) is 55.0 Å². The first-order valence-electron chi connectivity index (χ1n) is 19.3. The summed E-state index contributed by atoms with van der Waals surface area (Å²) in [7, 11) is 0. The molecule has 4 fully saturated rings. The quantitative estimate of drug-likeness (QED) is 0.185. The van der Waals surface area contributed by atoms with Crippen molar-refractivity contribution in [3.8, 4) is 22.3 Å². The number of para-hydroxylation sites is 1. The highest BCUT2D eigenvalue weighted by atomic mass is 16.3. The Balaban J connectivity index is 1.04. The first-order chi connectivity index (χ1) is 25.7. The molecule has 7 aromatic carbocycles. The summed E-state index contributed by atoms with van der Waals surface area (Å²) >= 11 is 0. The second kappa shape index (κ2) is 10.7. The van der Waals surface area contributed by atoms with Gasteiger partial charge in [0, 0.05) is 39.3 Å². The molecule has 1 spiro atoms. The van der Waals surface area contributed by atoms with Crippen LogP contribution in [0.5, 0.6) is 0 Å². The summed E-state index contributed by atoms with van der Waals surface area (Å²) in [5.41, 5.74) is 14.0. The van der Waals surface area contributed by atoms with Crippen LogP contribution in [0.4, 0.5) is 17.1 Å². The number of anilines is 3. The van der Waals surface area contributed by atoms with Crippen molar-refractivity contribution in [3.63, 3.8) is 0 Å². The monoisotopic (exact) mass is 669 g/mol. The van der Waals surface area contributed by atoms with E-state index >= 15 is 0 Å². The minimum Gasteiger partial charge on any atom is -0.456 e. The highest BCUT2D eigenvalue weighted by molar-refractivity contribution is 6.06. The Labute approximate surface area is 304 Å². The van der Waals surface area contributed by atoms with Crippen molar-refractivity contribution in [2.75, 3.05) is 4.90 Å². The highest BCUT2D eigenvalue weighted by Crippen LogP contribution is 2.69. The van der Waals surface area contributed by atoms with E-state index in [1.165, 1.54) is 70.8 Å². The Morgan fingerprint density at radius 3 is 1.92 bits per heavy atom. The Bertz CT molecular complexity index is 2690. The standard InChI is InChI=1S/C50H39NO/c1-2-8-35-28-36(14-13-33(35)7-1)34-15-17-39(18-16-34)51(41-20-22-45-44-10-4-6-12-48(44)52-49(45)30-41)40-19-21-43-42-9-3-5-11-46(42)50(47(43)29-40)37-24-31-23-32(26-37)27-38(50)25-31/h1-22,28-32,37-38H,23-27H2. The van der Waals surface area contributed by atoms with Gasteiger partial charge in [-0.15, -0.1) is 0 Å². The Morgan fingerprint density at radius 1 is 0.442 bits per heavy atom. The molecular formula is C50H39NO. The Kier molecular flexibility index (Phi) is 5.98. The van der Waals surface area contributed by atoms with Gasteiger partial charge < -0.3 is 9.32 Å². The summed E-state index contributed by atoms with van der Waals surface area (Å²) in [6.45, 7) is 0. The molecule has 52 heavy (non-hydrogen) atoms. The molecule has 2 heteroatoms. The number of benzene rings is 7. The van der Waals surface area contributed by atoms with Gasteiger partial charge in [-0.1, -0.05) is 97.1 Å². The SMILES string of the molecule is c1ccc2c(c1)-c1ccc(N(c3ccc(-c4ccc5ccccc5c4)cc3)c3ccc4c(c3)oc3ccccc34)cc1C21C2CC3CC(C2)CC1C3. The van der Waals surface area contributed by atoms with Crippen molar-refractivity contribution in [2.45, 2.75) is 37.5 Å². The molecule has 0 aliphatic heterocycles. The minimum absolute atomic E-state index is 0.115. The van der Waals surface area contributed by atoms with Crippen LogP contribution in [0.2, 0.25) is 0 Å². The van der Waals surface area contributed by atoms with E-state index in [4.69, 9.17) is 4.42 Å². The minimum atomic E-state index is 0.115. The molecule has 0 unspecified atom stereocenters. The predicted octanol–water partition coefficient (Wildman–Crippen LogP) is 13.6. The van der Waals surface area contributed by atoms with Gasteiger partial charge in [0.2, 0.25) is 0 Å². The molecule has 0 radical (unpaired) electrons. The summed E-state index contributed by atoms with van der Waals surface area (Å²) in [4.78, 5) is 2.46. The average molecular weight is 670 g/mol. The summed E-state index contributed by atoms with van der Waals surface area (Å²) in [5.74, 6) is 3.28. The molecule has 13 rings (SSSR count). The van der Waals surface area contributed by atoms with Crippen molar-refractivity contribution in [2.24, 2.45) is 23.7 Å². The number of nitrogens with zero attached hydrogens (tertiary/aromatic N) is 1. The van der Waals surface area contributed by atoms with Crippen LogP contribution in [0, 0.1) is 23.7 Å². The number of furan rings is 1. The van der Waals surface area contributed by atoms with Gasteiger partial charge in [-0.3, -0.25) is 0 Å². The molecule has 2 nitrogen and oxygen atoms in total. The normalized spacial score (nSPS) is 23.8. The number of hydrogen-bond acceptors (Lipinski definition) is 2. The van der Waals surface area contributed by atoms with E-state index in [1.807, 2.05) is 0 Å². The molecule has 250 valence electrons. The molecule has 1 heterocycles. The van der Waals surface area contributed by atoms with E-state index in [-0.39, 0.29) is 5.41 Å². The van der Waals surface area contributed by atoms with Gasteiger partial charge >= 0.3 is 0 Å². The molecule has 0 saturated heterocycles. The summed E-state index contributed by atoms with van der Waals surface area (Å²) < 4.78 is 6.47. The molecular weight excluding hydrogens is 631 g/mol. The third-order valence-electron chi connectivity index (χ3n) is 13.6. The maximum atomic E-state index is 6.47. The van der Waals surface area contributed by atoms with Crippen molar-refractivity contribution in [1.29, 1.82) is 0 Å². The van der Waals surface area contributed by atoms with Gasteiger partial charge in [-0.25, -0.2) is 0 Å². The lowest BCUT2D eigenvalue weighted by molar-refractivity contribution is -0.0399. The lowest BCUT2D eigenvalue weighted by atomic mass is 9.43. The summed E-state index contributed by atoms with van der Waals surface area (Å²) in [6.07, 6.45) is 6.99. The molecule has 8 aromatic rings. The second-order valence-electron chi connectivity index (χ2n) is 16.2. The predicted molar refractivity (Wildman–Crippen MR) is 215 cm³/mol. The largest absolute Gasteiger partial charge is 0.456 e. The molecule has 0 amide bonds. The van der Waals surface area contributed by atoms with Crippen LogP contribution in [-0.4, -0.2) is 0 Å². The highest BCUT2D eigenvalue weighted by Gasteiger charge is 2.61. The van der Waals surface area contributed by atoms with Gasteiger partial charge in [-0.05, 0) is 148 Å². The zero-order chi connectivity index (χ0) is 34.0. The third kappa shape index (κ3) is 4.01. The molecule has 4 saturated carbocycles. The summed E-state index contributed by atoms with van der Waals surface area (Å²) in [5, 5.41) is 4.85.